The summed E-state index contributed by atoms with van der Waals surface area (Å²) in [6, 6.07) is 1.83. The molecule has 0 bridgehead atoms. The molecule has 0 amide bonds. The van der Waals surface area contributed by atoms with Crippen LogP contribution in [-0.2, 0) is 0 Å². The van der Waals surface area contributed by atoms with E-state index in [1.807, 2.05) is 6.08 Å². The molecule has 0 radical (unpaired) electrons. The molecule has 0 saturated heterocycles. The lowest BCUT2D eigenvalue weighted by atomic mass is 9.92. The standard InChI is InChI=1S/C11H18Cl2Si/c1-2-9-14(12,13)10-8-11-6-4-3-5-7-11/h2-4,11H,1,5-10H2. The Bertz CT molecular complexity index is 211. The molecule has 0 aromatic rings. The van der Waals surface area contributed by atoms with Gasteiger partial charge in [0.15, 0.2) is 0 Å². The van der Waals surface area contributed by atoms with Gasteiger partial charge in [-0.3, -0.25) is 0 Å². The minimum atomic E-state index is -1.98. The normalized spacial score (nSPS) is 22.3. The number of hydrogen-bond acceptors (Lipinski definition) is 0. The van der Waals surface area contributed by atoms with Gasteiger partial charge in [0.1, 0.15) is 0 Å². The zero-order valence-electron chi connectivity index (χ0n) is 8.52. The quantitative estimate of drug-likeness (QED) is 0.371. The number of allylic oxidation sites excluding steroid dienone is 3. The molecule has 0 N–H and O–H groups in total. The third-order valence-electron chi connectivity index (χ3n) is 2.74. The molecule has 1 unspecified atom stereocenters. The lowest BCUT2D eigenvalue weighted by Crippen LogP contribution is -2.19. The average molecular weight is 249 g/mol. The highest BCUT2D eigenvalue weighted by Crippen LogP contribution is 2.32. The van der Waals surface area contributed by atoms with Gasteiger partial charge in [0.25, 0.3) is 6.69 Å². The maximum absolute atomic E-state index is 6.27. The molecule has 1 rings (SSSR count). The molecule has 0 aliphatic heterocycles. The van der Waals surface area contributed by atoms with Crippen molar-refractivity contribution in [1.29, 1.82) is 0 Å². The van der Waals surface area contributed by atoms with E-state index in [1.165, 1.54) is 25.7 Å². The molecule has 0 saturated carbocycles. The van der Waals surface area contributed by atoms with Crippen LogP contribution in [0.25, 0.3) is 0 Å². The second-order valence-corrected chi connectivity index (χ2v) is 11.6. The van der Waals surface area contributed by atoms with Crippen molar-refractivity contribution in [2.24, 2.45) is 5.92 Å². The first kappa shape index (κ1) is 12.3. The summed E-state index contributed by atoms with van der Waals surface area (Å²) in [5.41, 5.74) is 0. The van der Waals surface area contributed by atoms with Crippen LogP contribution in [-0.4, -0.2) is 6.69 Å². The predicted octanol–water partition coefficient (Wildman–Crippen LogP) is 4.84. The van der Waals surface area contributed by atoms with Gasteiger partial charge in [0, 0.05) is 0 Å². The molecule has 0 aromatic carbocycles. The Morgan fingerprint density at radius 3 is 2.79 bits per heavy atom. The van der Waals surface area contributed by atoms with Crippen LogP contribution in [0.2, 0.25) is 12.1 Å². The molecular formula is C11H18Cl2Si. The molecule has 0 heterocycles. The summed E-state index contributed by atoms with van der Waals surface area (Å²) < 4.78 is 0. The maximum Gasteiger partial charge on any atom is 0.254 e. The molecule has 14 heavy (non-hydrogen) atoms. The molecule has 80 valence electrons. The monoisotopic (exact) mass is 248 g/mol. The van der Waals surface area contributed by atoms with Crippen LogP contribution in [0, 0.1) is 5.92 Å². The lowest BCUT2D eigenvalue weighted by Gasteiger charge is -2.21. The highest BCUT2D eigenvalue weighted by molar-refractivity contribution is 7.45. The van der Waals surface area contributed by atoms with E-state index in [2.05, 4.69) is 18.7 Å². The fourth-order valence-electron chi connectivity index (χ4n) is 1.85. The van der Waals surface area contributed by atoms with Crippen LogP contribution in [0.15, 0.2) is 24.8 Å². The van der Waals surface area contributed by atoms with E-state index < -0.39 is 6.69 Å². The third-order valence-corrected chi connectivity index (χ3v) is 6.70. The highest BCUT2D eigenvalue weighted by Gasteiger charge is 2.27. The Hall–Kier alpha value is 0.277. The van der Waals surface area contributed by atoms with Crippen molar-refractivity contribution in [3.63, 3.8) is 0 Å². The topological polar surface area (TPSA) is 0 Å². The number of rotatable bonds is 5. The third kappa shape index (κ3) is 4.67. The van der Waals surface area contributed by atoms with Crippen molar-refractivity contribution in [2.45, 2.75) is 37.8 Å². The predicted molar refractivity (Wildman–Crippen MR) is 68.4 cm³/mol. The molecule has 0 nitrogen and oxygen atoms in total. The highest BCUT2D eigenvalue weighted by atomic mass is 35.7. The van der Waals surface area contributed by atoms with E-state index in [0.717, 1.165) is 18.0 Å². The summed E-state index contributed by atoms with van der Waals surface area (Å²) in [5, 5.41) is 0. The number of hydrogen-bond donors (Lipinski definition) is 0. The molecule has 1 aliphatic carbocycles. The summed E-state index contributed by atoms with van der Waals surface area (Å²) in [7, 11) is 0. The largest absolute Gasteiger partial charge is 0.254 e. The fourth-order valence-corrected chi connectivity index (χ4v) is 4.61. The van der Waals surface area contributed by atoms with Crippen LogP contribution in [0.1, 0.15) is 25.7 Å². The first-order valence-electron chi connectivity index (χ1n) is 5.28. The van der Waals surface area contributed by atoms with Crippen molar-refractivity contribution in [3.8, 4) is 0 Å². The van der Waals surface area contributed by atoms with E-state index in [1.54, 1.807) is 0 Å². The lowest BCUT2D eigenvalue weighted by molar-refractivity contribution is 0.464. The van der Waals surface area contributed by atoms with Gasteiger partial charge in [0.2, 0.25) is 0 Å². The molecule has 0 spiro atoms. The minimum absolute atomic E-state index is 0.814. The summed E-state index contributed by atoms with van der Waals surface area (Å²) in [5.74, 6) is 0.814. The van der Waals surface area contributed by atoms with Gasteiger partial charge < -0.3 is 0 Å². The molecule has 0 aromatic heterocycles. The van der Waals surface area contributed by atoms with E-state index in [-0.39, 0.29) is 0 Å². The van der Waals surface area contributed by atoms with Gasteiger partial charge in [-0.05, 0) is 37.3 Å². The van der Waals surface area contributed by atoms with Crippen molar-refractivity contribution in [2.75, 3.05) is 0 Å². The van der Waals surface area contributed by atoms with Crippen LogP contribution >= 0.6 is 22.2 Å². The smallest absolute Gasteiger partial charge is 0.146 e. The van der Waals surface area contributed by atoms with Gasteiger partial charge in [0.05, 0.1) is 0 Å². The SMILES string of the molecule is C=CC[Si](Cl)(Cl)CCC1CC=CCC1. The average Bonchev–Trinajstić information content (AvgIpc) is 2.17. The van der Waals surface area contributed by atoms with E-state index >= 15 is 0 Å². The summed E-state index contributed by atoms with van der Waals surface area (Å²) >= 11 is 12.5. The van der Waals surface area contributed by atoms with Crippen molar-refractivity contribution < 1.29 is 0 Å². The Balaban J connectivity index is 2.24. The summed E-state index contributed by atoms with van der Waals surface area (Å²) in [6.45, 7) is 1.71. The van der Waals surface area contributed by atoms with Crippen LogP contribution in [0.3, 0.4) is 0 Å². The molecule has 0 fully saturated rings. The Labute approximate surface area is 97.4 Å². The van der Waals surface area contributed by atoms with Crippen LogP contribution in [0.4, 0.5) is 0 Å². The zero-order chi connectivity index (χ0) is 10.4. The van der Waals surface area contributed by atoms with Crippen molar-refractivity contribution in [1.82, 2.24) is 0 Å². The summed E-state index contributed by atoms with van der Waals surface area (Å²) in [4.78, 5) is 0. The van der Waals surface area contributed by atoms with Crippen molar-refractivity contribution in [3.05, 3.63) is 24.8 Å². The Kier molecular flexibility index (Phi) is 5.28. The minimum Gasteiger partial charge on any atom is -0.146 e. The molecule has 1 atom stereocenters. The summed E-state index contributed by atoms with van der Waals surface area (Å²) in [6.07, 6.45) is 11.4. The maximum atomic E-state index is 6.27. The second-order valence-electron chi connectivity index (χ2n) is 4.04. The first-order chi connectivity index (χ1) is 6.64. The Morgan fingerprint density at radius 2 is 2.21 bits per heavy atom. The van der Waals surface area contributed by atoms with Crippen LogP contribution in [0.5, 0.6) is 0 Å². The number of halogens is 2. The molecule has 1 aliphatic rings. The van der Waals surface area contributed by atoms with Gasteiger partial charge in [-0.1, -0.05) is 24.6 Å². The van der Waals surface area contributed by atoms with E-state index in [0.29, 0.717) is 0 Å². The van der Waals surface area contributed by atoms with Gasteiger partial charge >= 0.3 is 0 Å². The zero-order valence-corrected chi connectivity index (χ0v) is 11.0. The van der Waals surface area contributed by atoms with E-state index in [4.69, 9.17) is 22.2 Å². The molecular weight excluding hydrogens is 231 g/mol. The van der Waals surface area contributed by atoms with Gasteiger partial charge in [-0.2, -0.15) is 0 Å². The fraction of sp³-hybridized carbons (Fsp3) is 0.636. The van der Waals surface area contributed by atoms with Gasteiger partial charge in [-0.25, -0.2) is 0 Å². The van der Waals surface area contributed by atoms with Crippen molar-refractivity contribution >= 4 is 28.9 Å². The first-order valence-corrected chi connectivity index (χ1v) is 9.71. The molecule has 3 heteroatoms. The van der Waals surface area contributed by atoms with Gasteiger partial charge in [-0.15, -0.1) is 28.7 Å². The van der Waals surface area contributed by atoms with Crippen LogP contribution < -0.4 is 0 Å². The Morgan fingerprint density at radius 1 is 1.43 bits per heavy atom. The second kappa shape index (κ2) is 5.99. The van der Waals surface area contributed by atoms with E-state index in [9.17, 15) is 0 Å².